The number of nitrogens with one attached hydrogen (secondary N) is 1. The van der Waals surface area contributed by atoms with Crippen LogP contribution in [-0.4, -0.2) is 13.2 Å². The van der Waals surface area contributed by atoms with Crippen molar-refractivity contribution in [1.29, 1.82) is 0 Å². The molecule has 1 aromatic rings. The standard InChI is InChI=1S/C15H23NO/c1-9-7-11(15(3,4)5)8-12-13(16-6)10(2)17-14(9)12/h7-8,10,13,16H,1-6H3. The average molecular weight is 233 g/mol. The molecule has 2 heteroatoms. The summed E-state index contributed by atoms with van der Waals surface area (Å²) in [5.41, 5.74) is 4.12. The molecule has 94 valence electrons. The number of hydrogen-bond acceptors (Lipinski definition) is 2. The third kappa shape index (κ3) is 2.06. The van der Waals surface area contributed by atoms with Crippen molar-refractivity contribution in [2.45, 2.75) is 52.2 Å². The number of hydrogen-bond donors (Lipinski definition) is 1. The molecule has 1 aliphatic rings. The maximum atomic E-state index is 5.95. The van der Waals surface area contributed by atoms with Crippen LogP contribution in [0.3, 0.4) is 0 Å². The van der Waals surface area contributed by atoms with Gasteiger partial charge in [-0.15, -0.1) is 0 Å². The van der Waals surface area contributed by atoms with Crippen molar-refractivity contribution in [2.24, 2.45) is 0 Å². The van der Waals surface area contributed by atoms with Gasteiger partial charge in [0.25, 0.3) is 0 Å². The molecule has 0 bridgehead atoms. The van der Waals surface area contributed by atoms with E-state index in [0.29, 0.717) is 6.04 Å². The minimum absolute atomic E-state index is 0.184. The van der Waals surface area contributed by atoms with Gasteiger partial charge in [0, 0.05) is 5.56 Å². The summed E-state index contributed by atoms with van der Waals surface area (Å²) < 4.78 is 5.95. The number of ether oxygens (including phenoxy) is 1. The van der Waals surface area contributed by atoms with Gasteiger partial charge in [0.05, 0.1) is 6.04 Å². The van der Waals surface area contributed by atoms with E-state index in [-0.39, 0.29) is 11.5 Å². The molecule has 0 saturated heterocycles. The maximum absolute atomic E-state index is 5.95. The van der Waals surface area contributed by atoms with Gasteiger partial charge < -0.3 is 10.1 Å². The number of benzene rings is 1. The van der Waals surface area contributed by atoms with E-state index in [2.05, 4.69) is 52.1 Å². The van der Waals surface area contributed by atoms with E-state index in [1.165, 1.54) is 16.7 Å². The lowest BCUT2D eigenvalue weighted by Crippen LogP contribution is -2.25. The van der Waals surface area contributed by atoms with Gasteiger partial charge in [0.2, 0.25) is 0 Å². The molecule has 2 nitrogen and oxygen atoms in total. The Morgan fingerprint density at radius 3 is 2.41 bits per heavy atom. The Morgan fingerprint density at radius 2 is 1.88 bits per heavy atom. The van der Waals surface area contributed by atoms with Crippen LogP contribution in [0.4, 0.5) is 0 Å². The van der Waals surface area contributed by atoms with Crippen molar-refractivity contribution in [1.82, 2.24) is 5.32 Å². The Labute approximate surface area is 104 Å². The maximum Gasteiger partial charge on any atom is 0.127 e. The average Bonchev–Trinajstić information content (AvgIpc) is 2.53. The molecule has 1 N–H and O–H groups in total. The van der Waals surface area contributed by atoms with Gasteiger partial charge in [-0.1, -0.05) is 26.8 Å². The van der Waals surface area contributed by atoms with Crippen LogP contribution in [0, 0.1) is 6.92 Å². The first kappa shape index (κ1) is 12.4. The van der Waals surface area contributed by atoms with E-state index >= 15 is 0 Å². The first-order valence-corrected chi connectivity index (χ1v) is 6.33. The zero-order chi connectivity index (χ0) is 12.8. The summed E-state index contributed by atoms with van der Waals surface area (Å²) in [4.78, 5) is 0. The Balaban J connectivity index is 2.54. The highest BCUT2D eigenvalue weighted by atomic mass is 16.5. The van der Waals surface area contributed by atoms with Gasteiger partial charge in [-0.3, -0.25) is 0 Å². The van der Waals surface area contributed by atoms with Crippen LogP contribution < -0.4 is 10.1 Å². The summed E-state index contributed by atoms with van der Waals surface area (Å²) in [6.45, 7) is 11.0. The first-order valence-electron chi connectivity index (χ1n) is 6.33. The molecule has 0 saturated carbocycles. The SMILES string of the molecule is CNC1c2cc(C(C)(C)C)cc(C)c2OC1C. The molecule has 0 amide bonds. The van der Waals surface area contributed by atoms with E-state index in [4.69, 9.17) is 4.74 Å². The fourth-order valence-electron chi connectivity index (χ4n) is 2.52. The lowest BCUT2D eigenvalue weighted by atomic mass is 9.84. The van der Waals surface area contributed by atoms with Crippen molar-refractivity contribution in [2.75, 3.05) is 7.05 Å². The van der Waals surface area contributed by atoms with Crippen LogP contribution in [-0.2, 0) is 5.41 Å². The highest BCUT2D eigenvalue weighted by Gasteiger charge is 2.32. The zero-order valence-corrected chi connectivity index (χ0v) is 11.7. The lowest BCUT2D eigenvalue weighted by Gasteiger charge is -2.21. The fraction of sp³-hybridized carbons (Fsp3) is 0.600. The second-order valence-corrected chi connectivity index (χ2v) is 6.05. The number of rotatable bonds is 1. The van der Waals surface area contributed by atoms with Crippen LogP contribution >= 0.6 is 0 Å². The van der Waals surface area contributed by atoms with E-state index in [0.717, 1.165) is 5.75 Å². The highest BCUT2D eigenvalue weighted by Crippen LogP contribution is 2.41. The van der Waals surface area contributed by atoms with Gasteiger partial charge in [0.15, 0.2) is 0 Å². The van der Waals surface area contributed by atoms with E-state index in [1.54, 1.807) is 0 Å². The molecule has 1 heterocycles. The molecule has 0 fully saturated rings. The molecule has 0 radical (unpaired) electrons. The van der Waals surface area contributed by atoms with Crippen LogP contribution in [0.2, 0.25) is 0 Å². The van der Waals surface area contributed by atoms with Crippen molar-refractivity contribution >= 4 is 0 Å². The van der Waals surface area contributed by atoms with E-state index < -0.39 is 0 Å². The molecule has 2 unspecified atom stereocenters. The summed E-state index contributed by atoms with van der Waals surface area (Å²) >= 11 is 0. The van der Waals surface area contributed by atoms with Crippen molar-refractivity contribution in [3.05, 3.63) is 28.8 Å². The second kappa shape index (κ2) is 4.02. The van der Waals surface area contributed by atoms with Crippen LogP contribution in [0.25, 0.3) is 0 Å². The Kier molecular flexibility index (Phi) is 2.94. The largest absolute Gasteiger partial charge is 0.488 e. The first-order chi connectivity index (χ1) is 7.84. The predicted octanol–water partition coefficient (Wildman–Crippen LogP) is 3.33. The smallest absolute Gasteiger partial charge is 0.127 e. The van der Waals surface area contributed by atoms with E-state index in [1.807, 2.05) is 7.05 Å². The topological polar surface area (TPSA) is 21.3 Å². The number of likely N-dealkylation sites (N-methyl/N-ethyl adjacent to an activating group) is 1. The minimum Gasteiger partial charge on any atom is -0.488 e. The van der Waals surface area contributed by atoms with Crippen molar-refractivity contribution in [3.8, 4) is 5.75 Å². The Morgan fingerprint density at radius 1 is 1.24 bits per heavy atom. The molecule has 1 aliphatic heterocycles. The fourth-order valence-corrected chi connectivity index (χ4v) is 2.52. The summed E-state index contributed by atoms with van der Waals surface area (Å²) in [7, 11) is 2.00. The normalized spacial score (nSPS) is 23.4. The van der Waals surface area contributed by atoms with Crippen LogP contribution in [0.1, 0.15) is 50.4 Å². The molecule has 1 aromatic carbocycles. The molecule has 0 aliphatic carbocycles. The second-order valence-electron chi connectivity index (χ2n) is 6.05. The predicted molar refractivity (Wildman–Crippen MR) is 71.8 cm³/mol. The monoisotopic (exact) mass is 233 g/mol. The molecule has 0 aromatic heterocycles. The summed E-state index contributed by atoms with van der Waals surface area (Å²) in [6, 6.07) is 4.86. The van der Waals surface area contributed by atoms with Crippen LogP contribution in [0.5, 0.6) is 5.75 Å². The Bertz CT molecular complexity index is 431. The summed E-state index contributed by atoms with van der Waals surface area (Å²) in [5, 5.41) is 3.35. The lowest BCUT2D eigenvalue weighted by molar-refractivity contribution is 0.213. The van der Waals surface area contributed by atoms with Gasteiger partial charge >= 0.3 is 0 Å². The molecule has 0 spiro atoms. The Hall–Kier alpha value is -1.02. The molecule has 2 rings (SSSR count). The van der Waals surface area contributed by atoms with Gasteiger partial charge in [-0.05, 0) is 43.5 Å². The van der Waals surface area contributed by atoms with Crippen LogP contribution in [0.15, 0.2) is 12.1 Å². The van der Waals surface area contributed by atoms with Gasteiger partial charge in [0.1, 0.15) is 11.9 Å². The highest BCUT2D eigenvalue weighted by molar-refractivity contribution is 5.50. The summed E-state index contributed by atoms with van der Waals surface area (Å²) in [6.07, 6.45) is 0.212. The van der Waals surface area contributed by atoms with Crippen molar-refractivity contribution < 1.29 is 4.74 Å². The minimum atomic E-state index is 0.184. The number of aryl methyl sites for hydroxylation is 1. The van der Waals surface area contributed by atoms with Crippen molar-refractivity contribution in [3.63, 3.8) is 0 Å². The van der Waals surface area contributed by atoms with E-state index in [9.17, 15) is 0 Å². The quantitative estimate of drug-likeness (QED) is 0.803. The third-order valence-corrected chi connectivity index (χ3v) is 3.59. The number of fused-ring (bicyclic) bond motifs is 1. The molecule has 17 heavy (non-hydrogen) atoms. The zero-order valence-electron chi connectivity index (χ0n) is 11.7. The van der Waals surface area contributed by atoms with Gasteiger partial charge in [-0.2, -0.15) is 0 Å². The molecular weight excluding hydrogens is 210 g/mol. The summed E-state index contributed by atoms with van der Waals surface area (Å²) in [5.74, 6) is 1.07. The third-order valence-electron chi connectivity index (χ3n) is 3.59. The molecular formula is C15H23NO. The molecule has 2 atom stereocenters. The van der Waals surface area contributed by atoms with Gasteiger partial charge in [-0.25, -0.2) is 0 Å².